The lowest BCUT2D eigenvalue weighted by molar-refractivity contribution is -0.131. The van der Waals surface area contributed by atoms with Crippen LogP contribution in [0.15, 0.2) is 24.3 Å². The molecule has 0 unspecified atom stereocenters. The first-order chi connectivity index (χ1) is 9.88. The molecule has 0 aliphatic heterocycles. The predicted molar refractivity (Wildman–Crippen MR) is 76.1 cm³/mol. The van der Waals surface area contributed by atoms with Crippen molar-refractivity contribution in [2.24, 2.45) is 5.92 Å². The molecule has 6 heteroatoms. The Balaban J connectivity index is 2.63. The number of nitrogens with one attached hydrogen (secondary N) is 1. The van der Waals surface area contributed by atoms with Gasteiger partial charge in [-0.05, 0) is 29.7 Å². The molecule has 0 saturated heterocycles. The second-order valence-corrected chi connectivity index (χ2v) is 4.87. The van der Waals surface area contributed by atoms with Crippen LogP contribution in [0.25, 0.3) is 6.08 Å². The predicted octanol–water partition coefficient (Wildman–Crippen LogP) is 2.81. The first-order valence-corrected chi connectivity index (χ1v) is 6.48. The van der Waals surface area contributed by atoms with Crippen molar-refractivity contribution in [3.8, 4) is 0 Å². The van der Waals surface area contributed by atoms with E-state index in [9.17, 15) is 14.0 Å². The van der Waals surface area contributed by atoms with Crippen molar-refractivity contribution in [3.05, 3.63) is 41.2 Å². The van der Waals surface area contributed by atoms with Crippen molar-refractivity contribution in [2.45, 2.75) is 20.4 Å². The molecule has 0 fully saturated rings. The van der Waals surface area contributed by atoms with E-state index in [4.69, 9.17) is 9.84 Å². The summed E-state index contributed by atoms with van der Waals surface area (Å²) in [6.07, 6.45) is 1.69. The van der Waals surface area contributed by atoms with Gasteiger partial charge in [0.25, 0.3) is 0 Å². The third-order valence-electron chi connectivity index (χ3n) is 2.46. The lowest BCUT2D eigenvalue weighted by Crippen LogP contribution is -2.25. The lowest BCUT2D eigenvalue weighted by Gasteiger charge is -2.09. The summed E-state index contributed by atoms with van der Waals surface area (Å²) < 4.78 is 18.5. The molecular weight excluding hydrogens is 277 g/mol. The highest BCUT2D eigenvalue weighted by Crippen LogP contribution is 2.12. The molecule has 0 radical (unpaired) electrons. The summed E-state index contributed by atoms with van der Waals surface area (Å²) in [7, 11) is 0. The van der Waals surface area contributed by atoms with Gasteiger partial charge in [0.05, 0.1) is 6.61 Å². The normalized spacial score (nSPS) is 10.9. The average molecular weight is 295 g/mol. The minimum Gasteiger partial charge on any atom is -0.478 e. The van der Waals surface area contributed by atoms with E-state index in [0.29, 0.717) is 5.56 Å². The Kier molecular flexibility index (Phi) is 6.39. The number of rotatable bonds is 6. The number of halogens is 1. The first kappa shape index (κ1) is 16.7. The maximum absolute atomic E-state index is 13.6. The lowest BCUT2D eigenvalue weighted by atomic mass is 10.1. The molecule has 0 aliphatic carbocycles. The van der Waals surface area contributed by atoms with Crippen LogP contribution in [-0.2, 0) is 16.1 Å². The highest BCUT2D eigenvalue weighted by molar-refractivity contribution is 5.85. The molecule has 0 saturated carbocycles. The smallest absolute Gasteiger partial charge is 0.407 e. The molecule has 5 nitrogen and oxygen atoms in total. The number of hydrogen-bond acceptors (Lipinski definition) is 3. The molecule has 0 aromatic heterocycles. The standard InChI is InChI=1S/C15H18FNO4/c1-10(2)9-21-15(20)17-8-12-7-11(3-5-13(12)16)4-6-14(18)19/h3-7,10H,8-9H2,1-2H3,(H,17,20)(H,18,19). The number of carbonyl (C=O) groups excluding carboxylic acids is 1. The number of hydrogen-bond donors (Lipinski definition) is 2. The summed E-state index contributed by atoms with van der Waals surface area (Å²) in [4.78, 5) is 21.8. The van der Waals surface area contributed by atoms with E-state index in [1.54, 1.807) is 0 Å². The van der Waals surface area contributed by atoms with Crippen LogP contribution >= 0.6 is 0 Å². The number of carboxylic acid groups (broad SMARTS) is 1. The Morgan fingerprint density at radius 3 is 2.76 bits per heavy atom. The number of carboxylic acids is 1. The van der Waals surface area contributed by atoms with Crippen molar-refractivity contribution >= 4 is 18.1 Å². The second kappa shape index (κ2) is 8.04. The third kappa shape index (κ3) is 6.56. The second-order valence-electron chi connectivity index (χ2n) is 4.87. The maximum atomic E-state index is 13.6. The highest BCUT2D eigenvalue weighted by Gasteiger charge is 2.07. The SMILES string of the molecule is CC(C)COC(=O)NCc1cc(C=CC(=O)O)ccc1F. The number of benzene rings is 1. The molecule has 114 valence electrons. The Morgan fingerprint density at radius 2 is 2.14 bits per heavy atom. The van der Waals surface area contributed by atoms with Crippen LogP contribution in [-0.4, -0.2) is 23.8 Å². The van der Waals surface area contributed by atoms with Crippen LogP contribution < -0.4 is 5.32 Å². The van der Waals surface area contributed by atoms with Crippen molar-refractivity contribution in [1.82, 2.24) is 5.32 Å². The van der Waals surface area contributed by atoms with E-state index in [2.05, 4.69) is 5.32 Å². The average Bonchev–Trinajstić information content (AvgIpc) is 2.42. The van der Waals surface area contributed by atoms with Crippen molar-refractivity contribution in [3.63, 3.8) is 0 Å². The van der Waals surface area contributed by atoms with Crippen LogP contribution in [0.3, 0.4) is 0 Å². The van der Waals surface area contributed by atoms with Gasteiger partial charge in [-0.3, -0.25) is 0 Å². The summed E-state index contributed by atoms with van der Waals surface area (Å²) in [5.41, 5.74) is 0.787. The Bertz CT molecular complexity index is 540. The Hall–Kier alpha value is -2.37. The fourth-order valence-corrected chi connectivity index (χ4v) is 1.46. The Morgan fingerprint density at radius 1 is 1.43 bits per heavy atom. The van der Waals surface area contributed by atoms with Gasteiger partial charge in [0.1, 0.15) is 5.82 Å². The molecule has 1 aromatic carbocycles. The molecule has 0 spiro atoms. The monoisotopic (exact) mass is 295 g/mol. The number of aliphatic carboxylic acids is 1. The minimum absolute atomic E-state index is 0.0302. The quantitative estimate of drug-likeness (QED) is 0.791. The van der Waals surface area contributed by atoms with E-state index in [-0.39, 0.29) is 24.6 Å². The van der Waals surface area contributed by atoms with Gasteiger partial charge in [-0.25, -0.2) is 14.0 Å². The van der Waals surface area contributed by atoms with Crippen LogP contribution in [0.1, 0.15) is 25.0 Å². The van der Waals surface area contributed by atoms with E-state index in [1.165, 1.54) is 24.3 Å². The van der Waals surface area contributed by atoms with E-state index < -0.39 is 17.9 Å². The van der Waals surface area contributed by atoms with Crippen LogP contribution in [0.2, 0.25) is 0 Å². The topological polar surface area (TPSA) is 75.6 Å². The molecule has 0 bridgehead atoms. The first-order valence-electron chi connectivity index (χ1n) is 6.48. The summed E-state index contributed by atoms with van der Waals surface area (Å²) in [5.74, 6) is -1.35. The molecule has 0 aliphatic rings. The maximum Gasteiger partial charge on any atom is 0.407 e. The van der Waals surface area contributed by atoms with Crippen LogP contribution in [0, 0.1) is 11.7 Å². The van der Waals surface area contributed by atoms with Gasteiger partial charge in [0, 0.05) is 18.2 Å². The van der Waals surface area contributed by atoms with E-state index in [1.807, 2.05) is 13.8 Å². The van der Waals surface area contributed by atoms with Gasteiger partial charge >= 0.3 is 12.1 Å². The van der Waals surface area contributed by atoms with Gasteiger partial charge in [0.15, 0.2) is 0 Å². The van der Waals surface area contributed by atoms with E-state index in [0.717, 1.165) is 6.08 Å². The summed E-state index contributed by atoms with van der Waals surface area (Å²) in [6.45, 7) is 4.07. The number of amides is 1. The van der Waals surface area contributed by atoms with Crippen molar-refractivity contribution in [1.29, 1.82) is 0 Å². The molecule has 0 heterocycles. The minimum atomic E-state index is -1.09. The van der Waals surface area contributed by atoms with Gasteiger partial charge < -0.3 is 15.2 Å². The van der Waals surface area contributed by atoms with Crippen molar-refractivity contribution < 1.29 is 23.8 Å². The third-order valence-corrected chi connectivity index (χ3v) is 2.46. The molecular formula is C15H18FNO4. The molecule has 0 atom stereocenters. The summed E-state index contributed by atoms with van der Waals surface area (Å²) in [5, 5.41) is 11.0. The zero-order chi connectivity index (χ0) is 15.8. The van der Waals surface area contributed by atoms with Gasteiger partial charge in [0.2, 0.25) is 0 Å². The van der Waals surface area contributed by atoms with E-state index >= 15 is 0 Å². The number of ether oxygens (including phenoxy) is 1. The van der Waals surface area contributed by atoms with Gasteiger partial charge in [-0.1, -0.05) is 19.9 Å². The van der Waals surface area contributed by atoms with Gasteiger partial charge in [-0.2, -0.15) is 0 Å². The zero-order valence-corrected chi connectivity index (χ0v) is 11.9. The zero-order valence-electron chi connectivity index (χ0n) is 11.9. The van der Waals surface area contributed by atoms with Crippen molar-refractivity contribution in [2.75, 3.05) is 6.61 Å². The van der Waals surface area contributed by atoms with Crippen LogP contribution in [0.4, 0.5) is 9.18 Å². The summed E-state index contributed by atoms with van der Waals surface area (Å²) in [6, 6.07) is 4.14. The van der Waals surface area contributed by atoms with Gasteiger partial charge in [-0.15, -0.1) is 0 Å². The fourth-order valence-electron chi connectivity index (χ4n) is 1.46. The molecule has 21 heavy (non-hydrogen) atoms. The fraction of sp³-hybridized carbons (Fsp3) is 0.333. The van der Waals surface area contributed by atoms with Crippen LogP contribution in [0.5, 0.6) is 0 Å². The number of alkyl carbamates (subject to hydrolysis) is 1. The molecule has 1 amide bonds. The number of carbonyl (C=O) groups is 2. The molecule has 1 aromatic rings. The largest absolute Gasteiger partial charge is 0.478 e. The molecule has 1 rings (SSSR count). The Labute approximate surface area is 122 Å². The molecule has 2 N–H and O–H groups in total. The highest BCUT2D eigenvalue weighted by atomic mass is 19.1. The summed E-state index contributed by atoms with van der Waals surface area (Å²) >= 11 is 0.